The Morgan fingerprint density at radius 2 is 2.09 bits per heavy atom. The molecule has 4 heterocycles. The van der Waals surface area contributed by atoms with Gasteiger partial charge in [0.25, 0.3) is 0 Å². The fourth-order valence-electron chi connectivity index (χ4n) is 2.74. The first kappa shape index (κ1) is 14.6. The van der Waals surface area contributed by atoms with Crippen molar-refractivity contribution >= 4 is 39.6 Å². The summed E-state index contributed by atoms with van der Waals surface area (Å²) >= 11 is 6.14. The molecule has 7 nitrogen and oxygen atoms in total. The molecule has 1 atom stereocenters. The summed E-state index contributed by atoms with van der Waals surface area (Å²) in [5, 5.41) is 0.988. The van der Waals surface area contributed by atoms with Crippen LogP contribution in [0.2, 0.25) is 5.28 Å². The third-order valence-electron chi connectivity index (χ3n) is 3.98. The molecule has 120 valence electrons. The lowest BCUT2D eigenvalue weighted by Crippen LogP contribution is -2.36. The van der Waals surface area contributed by atoms with Crippen molar-refractivity contribution in [3.63, 3.8) is 0 Å². The molecule has 1 fully saturated rings. The molecule has 3 aromatic rings. The van der Waals surface area contributed by atoms with Crippen LogP contribution in [0.3, 0.4) is 0 Å². The first-order valence-electron chi connectivity index (χ1n) is 7.47. The molecule has 0 radical (unpaired) electrons. The van der Waals surface area contributed by atoms with Crippen LogP contribution in [0.15, 0.2) is 16.7 Å². The molecule has 0 amide bonds. The largest absolute Gasteiger partial charge is 0.432 e. The Bertz CT molecular complexity index is 873. The van der Waals surface area contributed by atoms with E-state index < -0.39 is 0 Å². The van der Waals surface area contributed by atoms with E-state index in [2.05, 4.69) is 19.9 Å². The van der Waals surface area contributed by atoms with Crippen molar-refractivity contribution in [2.75, 3.05) is 31.2 Å². The Labute approximate surface area is 137 Å². The quantitative estimate of drug-likeness (QED) is 0.719. The molecule has 0 spiro atoms. The zero-order chi connectivity index (χ0) is 16.0. The number of hydrogen-bond donors (Lipinski definition) is 1. The first-order chi connectivity index (χ1) is 11.1. The number of hydrogen-bond acceptors (Lipinski definition) is 7. The predicted octanol–water partition coefficient (Wildman–Crippen LogP) is 2.28. The van der Waals surface area contributed by atoms with Gasteiger partial charge >= 0.3 is 0 Å². The van der Waals surface area contributed by atoms with E-state index in [0.29, 0.717) is 35.8 Å². The highest BCUT2D eigenvalue weighted by atomic mass is 35.5. The highest BCUT2D eigenvalue weighted by molar-refractivity contribution is 6.29. The van der Waals surface area contributed by atoms with Crippen LogP contribution in [0.5, 0.6) is 0 Å². The molecule has 4 rings (SSSR count). The van der Waals surface area contributed by atoms with Gasteiger partial charge in [0.2, 0.25) is 11.0 Å². The summed E-state index contributed by atoms with van der Waals surface area (Å²) in [4.78, 5) is 15.1. The number of rotatable bonds is 2. The molecule has 3 aromatic heterocycles. The first-order valence-corrected chi connectivity index (χ1v) is 7.85. The van der Waals surface area contributed by atoms with E-state index in [1.807, 2.05) is 13.0 Å². The van der Waals surface area contributed by atoms with Gasteiger partial charge in [0, 0.05) is 25.3 Å². The third kappa shape index (κ3) is 2.50. The van der Waals surface area contributed by atoms with Crippen molar-refractivity contribution in [2.24, 2.45) is 5.73 Å². The monoisotopic (exact) mass is 333 g/mol. The molecule has 23 heavy (non-hydrogen) atoms. The molecular weight excluding hydrogens is 318 g/mol. The fourth-order valence-corrected chi connectivity index (χ4v) is 2.91. The zero-order valence-corrected chi connectivity index (χ0v) is 13.4. The van der Waals surface area contributed by atoms with E-state index in [9.17, 15) is 0 Å². The highest BCUT2D eigenvalue weighted by Gasteiger charge is 2.22. The van der Waals surface area contributed by atoms with E-state index in [4.69, 9.17) is 26.5 Å². The van der Waals surface area contributed by atoms with Crippen LogP contribution in [0.25, 0.3) is 22.2 Å². The molecule has 0 aromatic carbocycles. The van der Waals surface area contributed by atoms with Crippen molar-refractivity contribution in [2.45, 2.75) is 13.0 Å². The summed E-state index contributed by atoms with van der Waals surface area (Å²) in [7, 11) is 0. The lowest BCUT2D eigenvalue weighted by molar-refractivity contribution is 0.122. The van der Waals surface area contributed by atoms with Gasteiger partial charge in [-0.15, -0.1) is 0 Å². The van der Waals surface area contributed by atoms with Crippen LogP contribution in [-0.4, -0.2) is 41.3 Å². The predicted molar refractivity (Wildman–Crippen MR) is 87.7 cm³/mol. The topological polar surface area (TPSA) is 90.3 Å². The zero-order valence-electron chi connectivity index (χ0n) is 12.6. The SMILES string of the molecule is CC(N)c1cnc2oc3c(N4CCOCC4)nc(Cl)nc3c2c1. The number of nitrogens with zero attached hydrogens (tertiary/aromatic N) is 4. The van der Waals surface area contributed by atoms with Gasteiger partial charge in [0.05, 0.1) is 18.6 Å². The van der Waals surface area contributed by atoms with E-state index in [1.54, 1.807) is 6.20 Å². The lowest BCUT2D eigenvalue weighted by atomic mass is 10.1. The minimum absolute atomic E-state index is 0.118. The Morgan fingerprint density at radius 3 is 2.83 bits per heavy atom. The smallest absolute Gasteiger partial charge is 0.229 e. The minimum Gasteiger partial charge on any atom is -0.432 e. The number of nitrogens with two attached hydrogens (primary N) is 1. The summed E-state index contributed by atoms with van der Waals surface area (Å²) in [6.07, 6.45) is 1.72. The van der Waals surface area contributed by atoms with Crippen molar-refractivity contribution in [1.29, 1.82) is 0 Å². The average molecular weight is 334 g/mol. The number of furan rings is 1. The number of ether oxygens (including phenoxy) is 1. The Balaban J connectivity index is 1.95. The van der Waals surface area contributed by atoms with Gasteiger partial charge in [-0.25, -0.2) is 9.97 Å². The summed E-state index contributed by atoms with van der Waals surface area (Å²) in [5.74, 6) is 0.684. The van der Waals surface area contributed by atoms with Crippen molar-refractivity contribution in [1.82, 2.24) is 15.0 Å². The Kier molecular flexibility index (Phi) is 3.56. The molecule has 0 aliphatic carbocycles. The molecule has 0 saturated carbocycles. The number of morpholine rings is 1. The number of fused-ring (bicyclic) bond motifs is 3. The van der Waals surface area contributed by atoms with Gasteiger partial charge in [-0.3, -0.25) is 0 Å². The lowest BCUT2D eigenvalue weighted by Gasteiger charge is -2.27. The van der Waals surface area contributed by atoms with E-state index in [0.717, 1.165) is 24.0 Å². The maximum atomic E-state index is 6.14. The highest BCUT2D eigenvalue weighted by Crippen LogP contribution is 2.34. The molecule has 1 aliphatic rings. The van der Waals surface area contributed by atoms with Gasteiger partial charge in [-0.1, -0.05) is 0 Å². The van der Waals surface area contributed by atoms with Gasteiger partial charge < -0.3 is 19.8 Å². The van der Waals surface area contributed by atoms with E-state index in [-0.39, 0.29) is 11.3 Å². The van der Waals surface area contributed by atoms with Crippen LogP contribution in [-0.2, 0) is 4.74 Å². The summed E-state index contributed by atoms with van der Waals surface area (Å²) < 4.78 is 11.3. The van der Waals surface area contributed by atoms with Crippen LogP contribution in [0.1, 0.15) is 18.5 Å². The second-order valence-electron chi connectivity index (χ2n) is 5.61. The second kappa shape index (κ2) is 5.59. The molecule has 8 heteroatoms. The van der Waals surface area contributed by atoms with Crippen LogP contribution >= 0.6 is 11.6 Å². The van der Waals surface area contributed by atoms with Crippen LogP contribution < -0.4 is 10.6 Å². The number of pyridine rings is 1. The molecule has 0 bridgehead atoms. The van der Waals surface area contributed by atoms with E-state index in [1.165, 1.54) is 0 Å². The van der Waals surface area contributed by atoms with Gasteiger partial charge in [0.15, 0.2) is 11.4 Å². The fraction of sp³-hybridized carbons (Fsp3) is 0.400. The van der Waals surface area contributed by atoms with Crippen molar-refractivity contribution in [3.8, 4) is 0 Å². The maximum Gasteiger partial charge on any atom is 0.229 e. The molecule has 1 saturated heterocycles. The van der Waals surface area contributed by atoms with Crippen molar-refractivity contribution in [3.05, 3.63) is 23.1 Å². The molecular formula is C15H16ClN5O2. The normalized spacial score (nSPS) is 17.1. The number of halogens is 1. The van der Waals surface area contributed by atoms with Crippen LogP contribution in [0.4, 0.5) is 5.82 Å². The Morgan fingerprint density at radius 1 is 1.30 bits per heavy atom. The van der Waals surface area contributed by atoms with Gasteiger partial charge in [0.1, 0.15) is 5.52 Å². The standard InChI is InChI=1S/C15H16ClN5O2/c1-8(17)9-6-10-11-12(23-14(10)18-7-9)13(20-15(16)19-11)21-2-4-22-5-3-21/h6-8H,2-5,17H2,1H3. The molecule has 1 aliphatic heterocycles. The number of aromatic nitrogens is 3. The van der Waals surface area contributed by atoms with Crippen LogP contribution in [0, 0.1) is 0 Å². The molecule has 2 N–H and O–H groups in total. The van der Waals surface area contributed by atoms with E-state index >= 15 is 0 Å². The summed E-state index contributed by atoms with van der Waals surface area (Å²) in [5.41, 5.74) is 8.63. The Hall–Kier alpha value is -1.96. The molecule has 1 unspecified atom stereocenters. The maximum absolute atomic E-state index is 6.14. The minimum atomic E-state index is -0.118. The van der Waals surface area contributed by atoms with Crippen molar-refractivity contribution < 1.29 is 9.15 Å². The number of anilines is 1. The summed E-state index contributed by atoms with van der Waals surface area (Å²) in [6, 6.07) is 1.83. The second-order valence-corrected chi connectivity index (χ2v) is 5.94. The van der Waals surface area contributed by atoms with Gasteiger partial charge in [-0.05, 0) is 30.2 Å². The average Bonchev–Trinajstić information content (AvgIpc) is 2.92. The summed E-state index contributed by atoms with van der Waals surface area (Å²) in [6.45, 7) is 4.68. The third-order valence-corrected chi connectivity index (χ3v) is 4.15. The van der Waals surface area contributed by atoms with Gasteiger partial charge in [-0.2, -0.15) is 4.98 Å².